The number of halogens is 1. The van der Waals surface area contributed by atoms with E-state index in [0.717, 1.165) is 5.56 Å². The summed E-state index contributed by atoms with van der Waals surface area (Å²) >= 11 is 6.53. The van der Waals surface area contributed by atoms with Crippen molar-refractivity contribution in [3.63, 3.8) is 0 Å². The highest BCUT2D eigenvalue weighted by Crippen LogP contribution is 2.48. The van der Waals surface area contributed by atoms with Gasteiger partial charge in [0.25, 0.3) is 0 Å². The highest BCUT2D eigenvalue weighted by Gasteiger charge is 2.59. The molecule has 1 aromatic carbocycles. The Labute approximate surface area is 344 Å². The summed E-state index contributed by atoms with van der Waals surface area (Å²) in [6, 6.07) is 7.29. The number of hydrogen-bond acceptors (Lipinski definition) is 13. The molecule has 0 radical (unpaired) electrons. The Morgan fingerprint density at radius 2 is 1.70 bits per heavy atom. The number of nitrogens with zero attached hydrogens (tertiary/aromatic N) is 1. The van der Waals surface area contributed by atoms with Gasteiger partial charge in [-0.25, -0.2) is 0 Å². The van der Waals surface area contributed by atoms with Gasteiger partial charge in [0.2, 0.25) is 0 Å². The molecule has 4 saturated heterocycles. The lowest BCUT2D eigenvalue weighted by Crippen LogP contribution is -2.60. The molecule has 4 fully saturated rings. The van der Waals surface area contributed by atoms with E-state index in [9.17, 15) is 25.2 Å². The average molecular weight is 828 g/mol. The molecule has 0 aliphatic carbocycles. The van der Waals surface area contributed by atoms with Crippen molar-refractivity contribution in [2.75, 3.05) is 14.2 Å². The molecule has 4 heterocycles. The first-order chi connectivity index (χ1) is 26.6. The van der Waals surface area contributed by atoms with Crippen LogP contribution >= 0.6 is 11.6 Å². The normalized spacial score (nSPS) is 44.9. The van der Waals surface area contributed by atoms with Gasteiger partial charge in [0.1, 0.15) is 23.9 Å². The summed E-state index contributed by atoms with van der Waals surface area (Å²) in [5.74, 6) is -2.83. The van der Waals surface area contributed by atoms with Crippen LogP contribution in [0.3, 0.4) is 0 Å². The van der Waals surface area contributed by atoms with E-state index < -0.39 is 102 Å². The van der Waals surface area contributed by atoms with Crippen molar-refractivity contribution in [1.29, 1.82) is 0 Å². The topological polar surface area (TPSA) is 166 Å². The Kier molecular flexibility index (Phi) is 14.9. The van der Waals surface area contributed by atoms with Crippen LogP contribution in [-0.4, -0.2) is 136 Å². The summed E-state index contributed by atoms with van der Waals surface area (Å²) in [5.41, 5.74) is -2.88. The van der Waals surface area contributed by atoms with Crippen molar-refractivity contribution in [2.45, 2.75) is 192 Å². The highest BCUT2D eigenvalue weighted by molar-refractivity contribution is 6.31. The first kappa shape index (κ1) is 46.6. The average Bonchev–Trinajstić information content (AvgIpc) is 3.48. The summed E-state index contributed by atoms with van der Waals surface area (Å²) < 4.78 is 45.6. The molecule has 57 heavy (non-hydrogen) atoms. The van der Waals surface area contributed by atoms with E-state index in [-0.39, 0.29) is 30.9 Å². The summed E-state index contributed by atoms with van der Waals surface area (Å²) in [6.45, 7) is 18.8. The van der Waals surface area contributed by atoms with Crippen molar-refractivity contribution < 1.29 is 58.4 Å². The number of aliphatic hydroxyl groups excluding tert-OH is 3. The Bertz CT molecular complexity index is 1500. The number of fused-ring (bicyclic) bond motifs is 2. The lowest BCUT2D eigenvalue weighted by molar-refractivity contribution is -0.318. The first-order valence-corrected chi connectivity index (χ1v) is 21.2. The highest BCUT2D eigenvalue weighted by atomic mass is 35.5. The number of carbonyl (C=O) groups is 1. The fraction of sp³-hybridized carbons (Fsp3) is 0.837. The largest absolute Gasteiger partial charge is 0.459 e. The Balaban J connectivity index is 1.56. The second-order valence-corrected chi connectivity index (χ2v) is 18.7. The number of aliphatic hydroxyl groups is 4. The summed E-state index contributed by atoms with van der Waals surface area (Å²) in [5, 5.41) is 46.7. The van der Waals surface area contributed by atoms with Crippen molar-refractivity contribution in [1.82, 2.24) is 4.90 Å². The van der Waals surface area contributed by atoms with E-state index >= 15 is 0 Å². The molecule has 0 unspecified atom stereocenters. The van der Waals surface area contributed by atoms with Gasteiger partial charge in [0.15, 0.2) is 12.6 Å². The van der Waals surface area contributed by atoms with Crippen molar-refractivity contribution >= 4 is 17.6 Å². The maximum Gasteiger partial charge on any atom is 0.311 e. The Morgan fingerprint density at radius 3 is 2.33 bits per heavy atom. The third kappa shape index (κ3) is 9.55. The van der Waals surface area contributed by atoms with Gasteiger partial charge in [0, 0.05) is 43.0 Å². The monoisotopic (exact) mass is 827 g/mol. The molecule has 19 atom stereocenters. The van der Waals surface area contributed by atoms with Gasteiger partial charge < -0.3 is 53.6 Å². The smallest absolute Gasteiger partial charge is 0.311 e. The molecular formula is C43H70ClNO12. The van der Waals surface area contributed by atoms with Gasteiger partial charge in [-0.3, -0.25) is 9.69 Å². The second-order valence-electron chi connectivity index (χ2n) is 18.3. The van der Waals surface area contributed by atoms with Crippen LogP contribution in [0.5, 0.6) is 0 Å². The van der Waals surface area contributed by atoms with Gasteiger partial charge in [-0.2, -0.15) is 0 Å². The van der Waals surface area contributed by atoms with Crippen molar-refractivity contribution in [2.24, 2.45) is 23.7 Å². The third-order valence-corrected chi connectivity index (χ3v) is 14.0. The molecule has 0 aromatic heterocycles. The summed E-state index contributed by atoms with van der Waals surface area (Å²) in [7, 11) is 3.48. The van der Waals surface area contributed by atoms with E-state index in [0.29, 0.717) is 24.4 Å². The summed E-state index contributed by atoms with van der Waals surface area (Å²) in [6.07, 6.45) is -8.00. The molecule has 13 nitrogen and oxygen atoms in total. The molecule has 0 spiro atoms. The van der Waals surface area contributed by atoms with Crippen LogP contribution in [0.15, 0.2) is 24.3 Å². The number of cyclic esters (lactones) is 1. The molecule has 326 valence electrons. The van der Waals surface area contributed by atoms with E-state index in [1.807, 2.05) is 59.0 Å². The maximum absolute atomic E-state index is 14.4. The van der Waals surface area contributed by atoms with Crippen LogP contribution in [0, 0.1) is 23.7 Å². The number of esters is 1. The molecule has 5 rings (SSSR count). The Morgan fingerprint density at radius 1 is 1.04 bits per heavy atom. The van der Waals surface area contributed by atoms with Crippen LogP contribution in [0.25, 0.3) is 0 Å². The van der Waals surface area contributed by atoms with Crippen LogP contribution in [0.1, 0.15) is 100 Å². The van der Waals surface area contributed by atoms with Crippen molar-refractivity contribution in [3.05, 3.63) is 34.9 Å². The van der Waals surface area contributed by atoms with Crippen LogP contribution < -0.4 is 0 Å². The minimum absolute atomic E-state index is 0.0904. The van der Waals surface area contributed by atoms with Gasteiger partial charge >= 0.3 is 5.97 Å². The van der Waals surface area contributed by atoms with E-state index in [4.69, 9.17) is 44.8 Å². The molecule has 14 heteroatoms. The molecule has 0 amide bonds. The number of likely N-dealkylation sites (N-methyl/N-ethyl adjacent to an activating group) is 1. The zero-order valence-corrected chi connectivity index (χ0v) is 36.7. The minimum atomic E-state index is -1.81. The van der Waals surface area contributed by atoms with Gasteiger partial charge in [-0.1, -0.05) is 57.5 Å². The van der Waals surface area contributed by atoms with E-state index in [1.54, 1.807) is 27.7 Å². The lowest BCUT2D eigenvalue weighted by Gasteiger charge is -2.48. The predicted octanol–water partition coefficient (Wildman–Crippen LogP) is 4.85. The molecule has 4 N–H and O–H groups in total. The Hall–Kier alpha value is -1.46. The summed E-state index contributed by atoms with van der Waals surface area (Å²) in [4.78, 5) is 16.5. The number of benzene rings is 1. The number of methoxy groups -OCH3 is 1. The lowest BCUT2D eigenvalue weighted by atomic mass is 9.76. The maximum atomic E-state index is 14.4. The molecule has 1 aromatic rings. The number of rotatable bonds is 11. The zero-order valence-electron chi connectivity index (χ0n) is 36.0. The SMILES string of the molecule is CC[C@@H](O)[C@@](C)(O)[C@@H]1OC(=O)[C@H](C)[C@@H](O[C@H]2C[C@@](C)(OC)[C@@H](O)[C@H](C)O2)[C@H](C)[C@@H](O[C@@H]2O[C@H](C)C[C@H](N(C)Cc3ccccc3Cl)[C@H]2O)[C@@]2(C)C[C@@H](C)[C@H](O2)[C@@H]1C. The first-order valence-electron chi connectivity index (χ1n) is 20.8. The fourth-order valence-electron chi connectivity index (χ4n) is 10.1. The molecule has 4 aliphatic heterocycles. The standard InChI is InChI=1S/C43H70ClNO12/c1-13-31(46)43(10,50)38-24(4)34-22(2)19-42(9,57-34)37(56-40-33(47)30(18-23(3)52-40)45(11)21-28-16-14-15-17-29(28)44)25(5)35(26(6)39(49)55-38)54-32-20-41(8,51-12)36(48)27(7)53-32/h14-17,22-27,30-38,40,46-48,50H,13,18-21H2,1-12H3/t22-,23-,24+,25+,26-,27+,30+,31-,32+,33-,34+,35+,36+,37-,38-,40+,41-,42-,43-/m1/s1. The predicted molar refractivity (Wildman–Crippen MR) is 213 cm³/mol. The number of carbonyl (C=O) groups excluding carboxylic acids is 1. The molecular weight excluding hydrogens is 758 g/mol. The fourth-order valence-corrected chi connectivity index (χ4v) is 10.3. The van der Waals surface area contributed by atoms with Gasteiger partial charge in [-0.15, -0.1) is 0 Å². The minimum Gasteiger partial charge on any atom is -0.459 e. The van der Waals surface area contributed by atoms with Gasteiger partial charge in [0.05, 0.1) is 53.7 Å². The van der Waals surface area contributed by atoms with Crippen molar-refractivity contribution in [3.8, 4) is 0 Å². The van der Waals surface area contributed by atoms with E-state index in [2.05, 4.69) is 11.8 Å². The molecule has 0 saturated carbocycles. The van der Waals surface area contributed by atoms with E-state index in [1.165, 1.54) is 14.0 Å². The van der Waals surface area contributed by atoms with Crippen LogP contribution in [-0.2, 0) is 44.5 Å². The zero-order chi connectivity index (χ0) is 42.4. The number of hydrogen-bond donors (Lipinski definition) is 4. The third-order valence-electron chi connectivity index (χ3n) is 13.7. The second kappa shape index (κ2) is 18.3. The van der Waals surface area contributed by atoms with Crippen LogP contribution in [0.2, 0.25) is 5.02 Å². The van der Waals surface area contributed by atoms with Crippen LogP contribution in [0.4, 0.5) is 0 Å². The quantitative estimate of drug-likeness (QED) is 0.224. The number of ether oxygens (including phenoxy) is 7. The molecule has 4 aliphatic rings. The molecule has 2 bridgehead atoms. The van der Waals surface area contributed by atoms with Gasteiger partial charge in [-0.05, 0) is 85.4 Å².